The molecule has 11 rings (SSSR count). The average molecular weight is 760 g/mol. The van der Waals surface area contributed by atoms with Gasteiger partial charge in [-0.1, -0.05) is 172 Å². The van der Waals surface area contributed by atoms with Crippen LogP contribution in [0.3, 0.4) is 0 Å². The molecule has 0 bridgehead atoms. The Morgan fingerprint density at radius 3 is 1.53 bits per heavy atom. The Balaban J connectivity index is 1.10. The molecule has 0 spiro atoms. The molecule has 1 aromatic heterocycles. The zero-order valence-corrected chi connectivity index (χ0v) is 33.6. The predicted molar refractivity (Wildman–Crippen MR) is 254 cm³/mol. The van der Waals surface area contributed by atoms with E-state index in [2.05, 4.69) is 220 Å². The summed E-state index contributed by atoms with van der Waals surface area (Å²) in [6, 6.07) is 71.9. The van der Waals surface area contributed by atoms with Gasteiger partial charge >= 0.3 is 0 Å². The van der Waals surface area contributed by atoms with Crippen molar-refractivity contribution in [1.82, 2.24) is 0 Å². The molecule has 58 heavy (non-hydrogen) atoms. The third-order valence-corrected chi connectivity index (χ3v) is 13.2. The van der Waals surface area contributed by atoms with Gasteiger partial charge in [0.1, 0.15) is 0 Å². The molecule has 0 unspecified atom stereocenters. The summed E-state index contributed by atoms with van der Waals surface area (Å²) in [4.78, 5) is 2.42. The lowest BCUT2D eigenvalue weighted by molar-refractivity contribution is 0.590. The van der Waals surface area contributed by atoms with Crippen molar-refractivity contribution in [3.05, 3.63) is 200 Å². The second-order valence-electron chi connectivity index (χ2n) is 16.5. The van der Waals surface area contributed by atoms with E-state index >= 15 is 0 Å². The van der Waals surface area contributed by atoms with Gasteiger partial charge in [-0.25, -0.2) is 0 Å². The summed E-state index contributed by atoms with van der Waals surface area (Å²) in [6.45, 7) is 6.83. The molecule has 2 heteroatoms. The first-order chi connectivity index (χ1) is 28.4. The van der Waals surface area contributed by atoms with Gasteiger partial charge in [-0.2, -0.15) is 0 Å². The summed E-state index contributed by atoms with van der Waals surface area (Å²) in [5.74, 6) is 0. The smallest absolute Gasteiger partial charge is 0.0468 e. The normalized spacial score (nSPS) is 12.1. The van der Waals surface area contributed by atoms with Gasteiger partial charge in [-0.3, -0.25) is 0 Å². The fourth-order valence-corrected chi connectivity index (χ4v) is 10.3. The molecule has 0 amide bonds. The van der Waals surface area contributed by atoms with E-state index in [0.29, 0.717) is 0 Å². The van der Waals surface area contributed by atoms with Crippen molar-refractivity contribution in [3.63, 3.8) is 0 Å². The van der Waals surface area contributed by atoms with Crippen molar-refractivity contribution < 1.29 is 0 Å². The van der Waals surface area contributed by atoms with Gasteiger partial charge in [0.25, 0.3) is 0 Å². The lowest BCUT2D eigenvalue weighted by atomic mass is 9.87. The number of anilines is 3. The molecule has 0 aliphatic rings. The fraction of sp³-hybridized carbons (Fsp3) is 0.0714. The van der Waals surface area contributed by atoms with Crippen LogP contribution >= 0.6 is 11.3 Å². The number of thiophene rings is 1. The largest absolute Gasteiger partial charge is 0.310 e. The Morgan fingerprint density at radius 1 is 0.362 bits per heavy atom. The van der Waals surface area contributed by atoms with Crippen molar-refractivity contribution in [2.75, 3.05) is 4.90 Å². The van der Waals surface area contributed by atoms with Crippen LogP contribution in [0, 0.1) is 0 Å². The van der Waals surface area contributed by atoms with Gasteiger partial charge in [-0.05, 0) is 119 Å². The van der Waals surface area contributed by atoms with Crippen LogP contribution < -0.4 is 4.90 Å². The third kappa shape index (κ3) is 5.67. The minimum Gasteiger partial charge on any atom is -0.310 e. The molecule has 1 heterocycles. The Labute approximate surface area is 343 Å². The fourth-order valence-electron chi connectivity index (χ4n) is 9.01. The minimum atomic E-state index is 0.0629. The SMILES string of the molecule is CC(C)(C)c1ccc(N(c2ccc(-c3ccc(-c4ccccc4)cc3)cc2)c2ccc3c(c2)c2ccccc2c2ccc4sc5c6ccccc6ccc5c4c23)cc1. The lowest BCUT2D eigenvalue weighted by Crippen LogP contribution is -2.13. The summed E-state index contributed by atoms with van der Waals surface area (Å²) in [5.41, 5.74) is 9.63. The van der Waals surface area contributed by atoms with E-state index in [0.717, 1.165) is 17.1 Å². The first-order valence-electron chi connectivity index (χ1n) is 20.2. The van der Waals surface area contributed by atoms with E-state index in [-0.39, 0.29) is 5.41 Å². The third-order valence-electron chi connectivity index (χ3n) is 12.0. The van der Waals surface area contributed by atoms with Crippen molar-refractivity contribution in [2.45, 2.75) is 26.2 Å². The molecular formula is C56H41NS. The molecule has 11 aromatic rings. The van der Waals surface area contributed by atoms with Crippen LogP contribution in [0.2, 0.25) is 0 Å². The zero-order valence-electron chi connectivity index (χ0n) is 32.8. The van der Waals surface area contributed by atoms with Crippen molar-refractivity contribution >= 4 is 91.7 Å². The molecule has 276 valence electrons. The van der Waals surface area contributed by atoms with Crippen LogP contribution in [-0.4, -0.2) is 0 Å². The average Bonchev–Trinajstić information content (AvgIpc) is 3.67. The van der Waals surface area contributed by atoms with E-state index in [4.69, 9.17) is 0 Å². The lowest BCUT2D eigenvalue weighted by Gasteiger charge is -2.27. The monoisotopic (exact) mass is 759 g/mol. The topological polar surface area (TPSA) is 3.24 Å². The van der Waals surface area contributed by atoms with Gasteiger partial charge in [0.2, 0.25) is 0 Å². The first-order valence-corrected chi connectivity index (χ1v) is 21.0. The highest BCUT2D eigenvalue weighted by Crippen LogP contribution is 2.47. The molecule has 0 saturated heterocycles. The Bertz CT molecular complexity index is 3330. The molecule has 0 radical (unpaired) electrons. The molecule has 0 atom stereocenters. The highest BCUT2D eigenvalue weighted by Gasteiger charge is 2.20. The molecule has 0 saturated carbocycles. The minimum absolute atomic E-state index is 0.0629. The summed E-state index contributed by atoms with van der Waals surface area (Å²) in [5, 5.41) is 13.0. The van der Waals surface area contributed by atoms with Gasteiger partial charge in [-0.15, -0.1) is 11.3 Å². The number of rotatable bonds is 5. The zero-order chi connectivity index (χ0) is 39.0. The van der Waals surface area contributed by atoms with Crippen molar-refractivity contribution in [2.24, 2.45) is 0 Å². The number of benzene rings is 10. The molecule has 0 aliphatic heterocycles. The predicted octanol–water partition coefficient (Wildman–Crippen LogP) is 16.8. The van der Waals surface area contributed by atoms with Crippen LogP contribution in [0.1, 0.15) is 26.3 Å². The Hall–Kier alpha value is -6.74. The number of hydrogen-bond acceptors (Lipinski definition) is 2. The van der Waals surface area contributed by atoms with Crippen molar-refractivity contribution in [3.8, 4) is 22.3 Å². The van der Waals surface area contributed by atoms with Crippen molar-refractivity contribution in [1.29, 1.82) is 0 Å². The van der Waals surface area contributed by atoms with Gasteiger partial charge in [0, 0.05) is 37.2 Å². The summed E-state index contributed by atoms with van der Waals surface area (Å²) in [7, 11) is 0. The Morgan fingerprint density at radius 2 is 0.862 bits per heavy atom. The maximum Gasteiger partial charge on any atom is 0.0468 e. The maximum absolute atomic E-state index is 2.42. The van der Waals surface area contributed by atoms with Gasteiger partial charge in [0.05, 0.1) is 0 Å². The van der Waals surface area contributed by atoms with Crippen LogP contribution in [0.15, 0.2) is 194 Å². The summed E-state index contributed by atoms with van der Waals surface area (Å²) < 4.78 is 2.69. The molecular weight excluding hydrogens is 719 g/mol. The highest BCUT2D eigenvalue weighted by atomic mass is 32.1. The van der Waals surface area contributed by atoms with E-state index < -0.39 is 0 Å². The van der Waals surface area contributed by atoms with E-state index in [1.165, 1.54) is 91.1 Å². The first kappa shape index (κ1) is 34.5. The number of hydrogen-bond donors (Lipinski definition) is 0. The van der Waals surface area contributed by atoms with E-state index in [1.54, 1.807) is 0 Å². The second kappa shape index (κ2) is 13.4. The molecule has 0 aliphatic carbocycles. The van der Waals surface area contributed by atoms with Crippen LogP contribution in [-0.2, 0) is 5.41 Å². The summed E-state index contributed by atoms with van der Waals surface area (Å²) >= 11 is 1.92. The van der Waals surface area contributed by atoms with Crippen LogP contribution in [0.25, 0.3) is 85.5 Å². The van der Waals surface area contributed by atoms with Gasteiger partial charge < -0.3 is 4.90 Å². The van der Waals surface area contributed by atoms with Crippen LogP contribution in [0.5, 0.6) is 0 Å². The molecule has 10 aromatic carbocycles. The van der Waals surface area contributed by atoms with E-state index in [1.807, 2.05) is 11.3 Å². The quantitative estimate of drug-likeness (QED) is 0.158. The number of fused-ring (bicyclic) bond motifs is 12. The van der Waals surface area contributed by atoms with Gasteiger partial charge in [0.15, 0.2) is 0 Å². The number of nitrogens with zero attached hydrogens (tertiary/aromatic N) is 1. The standard InChI is InChI=1S/C56H41NS/c1-56(2,3)41-24-28-43(29-25-41)57(42-26-21-39(22-27-42)38-19-17-37(18-20-38)36-11-5-4-6-12-36)44-30-32-49-51(35-44)47-16-10-9-15-46(47)48-33-34-52-54(53(48)49)50-31-23-40-13-7-8-14-45(40)55(50)58-52/h4-35H,1-3H3. The second-order valence-corrected chi connectivity index (χ2v) is 17.6. The summed E-state index contributed by atoms with van der Waals surface area (Å²) in [6.07, 6.45) is 0. The van der Waals surface area contributed by atoms with Crippen LogP contribution in [0.4, 0.5) is 17.1 Å². The molecule has 1 nitrogen and oxygen atoms in total. The molecule has 0 N–H and O–H groups in total. The van der Waals surface area contributed by atoms with E-state index in [9.17, 15) is 0 Å². The Kier molecular flexibility index (Phi) is 8.00. The highest BCUT2D eigenvalue weighted by molar-refractivity contribution is 7.27. The maximum atomic E-state index is 2.42. The molecule has 0 fully saturated rings.